The molecular formula is C21H23F3N2O8S. The molecular weight excluding hydrogens is 497 g/mol. The molecule has 14 heteroatoms. The van der Waals surface area contributed by atoms with Crippen molar-refractivity contribution in [1.82, 2.24) is 10.2 Å². The van der Waals surface area contributed by atoms with E-state index in [4.69, 9.17) is 9.47 Å². The lowest BCUT2D eigenvalue weighted by Crippen LogP contribution is -2.72. The van der Waals surface area contributed by atoms with Crippen LogP contribution in [0.4, 0.5) is 18.0 Å². The molecule has 1 saturated heterocycles. The van der Waals surface area contributed by atoms with E-state index in [-0.39, 0.29) is 13.0 Å². The molecule has 2 amide bonds. The molecule has 0 radical (unpaired) electrons. The number of carbonyl (C=O) groups is 3. The molecule has 2 aliphatic rings. The molecule has 1 N–H and O–H groups in total. The highest BCUT2D eigenvalue weighted by atomic mass is 32.2. The van der Waals surface area contributed by atoms with E-state index >= 15 is 0 Å². The van der Waals surface area contributed by atoms with Gasteiger partial charge in [-0.2, -0.15) is 21.6 Å². The molecule has 0 unspecified atom stereocenters. The number of esters is 1. The molecule has 3 rings (SSSR count). The first kappa shape index (κ1) is 26.3. The van der Waals surface area contributed by atoms with Gasteiger partial charge in [-0.25, -0.2) is 9.59 Å². The number of amides is 2. The molecule has 1 fully saturated rings. The lowest BCUT2D eigenvalue weighted by atomic mass is 9.86. The van der Waals surface area contributed by atoms with Crippen LogP contribution in [0, 0.1) is 0 Å². The number of hydrogen-bond acceptors (Lipinski definition) is 8. The van der Waals surface area contributed by atoms with Crippen LogP contribution in [0.3, 0.4) is 0 Å². The van der Waals surface area contributed by atoms with E-state index in [9.17, 15) is 36.0 Å². The smallest absolute Gasteiger partial charge is 0.456 e. The number of hydrogen-bond donors (Lipinski definition) is 1. The molecule has 10 nitrogen and oxygen atoms in total. The fraction of sp³-hybridized carbons (Fsp3) is 0.476. The van der Waals surface area contributed by atoms with Crippen molar-refractivity contribution in [1.29, 1.82) is 0 Å². The number of nitrogens with zero attached hydrogens (tertiary/aromatic N) is 1. The van der Waals surface area contributed by atoms with E-state index in [2.05, 4.69) is 9.50 Å². The molecule has 0 bridgehead atoms. The first-order valence-electron chi connectivity index (χ1n) is 10.4. The highest BCUT2D eigenvalue weighted by Gasteiger charge is 2.56. The average molecular weight is 520 g/mol. The molecule has 2 atom stereocenters. The average Bonchev–Trinajstić information content (AvgIpc) is 2.74. The van der Waals surface area contributed by atoms with E-state index in [1.165, 1.54) is 0 Å². The Hall–Kier alpha value is -3.29. The number of ether oxygens (including phenoxy) is 2. The van der Waals surface area contributed by atoms with Crippen molar-refractivity contribution in [2.75, 3.05) is 0 Å². The second-order valence-electron chi connectivity index (χ2n) is 8.75. The molecule has 1 aromatic rings. The van der Waals surface area contributed by atoms with Crippen LogP contribution in [-0.2, 0) is 40.0 Å². The van der Waals surface area contributed by atoms with E-state index in [0.717, 1.165) is 4.90 Å². The first-order chi connectivity index (χ1) is 16.1. The Morgan fingerprint density at radius 1 is 1.14 bits per heavy atom. The van der Waals surface area contributed by atoms with E-state index in [1.807, 2.05) is 0 Å². The highest BCUT2D eigenvalue weighted by Crippen LogP contribution is 2.40. The summed E-state index contributed by atoms with van der Waals surface area (Å²) in [5.74, 6) is -2.99. The van der Waals surface area contributed by atoms with Crippen molar-refractivity contribution < 1.29 is 49.6 Å². The van der Waals surface area contributed by atoms with Crippen LogP contribution in [0.1, 0.15) is 39.2 Å². The summed E-state index contributed by atoms with van der Waals surface area (Å²) in [6.07, 6.45) is -1.44. The van der Waals surface area contributed by atoms with Crippen LogP contribution in [0.15, 0.2) is 41.8 Å². The summed E-state index contributed by atoms with van der Waals surface area (Å²) in [7, 11) is -6.11. The van der Waals surface area contributed by atoms with Gasteiger partial charge in [0.1, 0.15) is 18.2 Å². The van der Waals surface area contributed by atoms with Gasteiger partial charge in [-0.05, 0) is 32.8 Å². The Bertz CT molecular complexity index is 1140. The van der Waals surface area contributed by atoms with Crippen molar-refractivity contribution in [2.24, 2.45) is 0 Å². The van der Waals surface area contributed by atoms with Crippen molar-refractivity contribution in [2.45, 2.75) is 63.4 Å². The van der Waals surface area contributed by atoms with Gasteiger partial charge in [0.05, 0.1) is 6.04 Å². The zero-order valence-electron chi connectivity index (χ0n) is 18.9. The predicted molar refractivity (Wildman–Crippen MR) is 112 cm³/mol. The van der Waals surface area contributed by atoms with E-state index in [0.29, 0.717) is 5.56 Å². The topological polar surface area (TPSA) is 128 Å². The van der Waals surface area contributed by atoms with Crippen molar-refractivity contribution >= 4 is 28.1 Å². The molecule has 192 valence electrons. The fourth-order valence-electron chi connectivity index (χ4n) is 3.51. The summed E-state index contributed by atoms with van der Waals surface area (Å²) in [4.78, 5) is 38.5. The predicted octanol–water partition coefficient (Wildman–Crippen LogP) is 2.71. The Labute approximate surface area is 199 Å². The third-order valence-corrected chi connectivity index (χ3v) is 5.95. The Morgan fingerprint density at radius 2 is 1.77 bits per heavy atom. The summed E-state index contributed by atoms with van der Waals surface area (Å²) in [5, 5.41) is 2.36. The van der Waals surface area contributed by atoms with Gasteiger partial charge < -0.3 is 19.0 Å². The maximum Gasteiger partial charge on any atom is 0.534 e. The SMILES string of the molecule is CC(C)(C)OC(=O)N[C@@H]1C(=O)N2C(C(=O)OCc3ccccc3)=C(OS(=O)(=O)C(F)(F)F)CC[C@H]12. The maximum absolute atomic E-state index is 12.9. The molecule has 0 saturated carbocycles. The number of allylic oxidation sites excluding steroid dienone is 1. The first-order valence-corrected chi connectivity index (χ1v) is 11.8. The van der Waals surface area contributed by atoms with Crippen LogP contribution >= 0.6 is 0 Å². The maximum atomic E-state index is 12.9. The molecule has 0 aliphatic carbocycles. The summed E-state index contributed by atoms with van der Waals surface area (Å²) in [6, 6.07) is 6.28. The third-order valence-electron chi connectivity index (χ3n) is 4.96. The zero-order chi connectivity index (χ0) is 26.2. The van der Waals surface area contributed by atoms with Crippen molar-refractivity contribution in [3.8, 4) is 0 Å². The number of alkyl carbamates (subject to hydrolysis) is 1. The van der Waals surface area contributed by atoms with Crippen LogP contribution in [0.5, 0.6) is 0 Å². The van der Waals surface area contributed by atoms with Gasteiger partial charge >= 0.3 is 27.7 Å². The molecule has 0 aromatic heterocycles. The third kappa shape index (κ3) is 5.86. The summed E-state index contributed by atoms with van der Waals surface area (Å²) >= 11 is 0. The van der Waals surface area contributed by atoms with Gasteiger partial charge in [-0.1, -0.05) is 30.3 Å². The minimum atomic E-state index is -6.11. The number of carbonyl (C=O) groups excluding carboxylic acids is 3. The summed E-state index contributed by atoms with van der Waals surface area (Å²) in [5.41, 5.74) is -6.84. The Kier molecular flexibility index (Phi) is 7.07. The van der Waals surface area contributed by atoms with Crippen LogP contribution in [0.2, 0.25) is 0 Å². The normalized spacial score (nSPS) is 20.5. The van der Waals surface area contributed by atoms with Gasteiger partial charge in [0.25, 0.3) is 5.91 Å². The standard InChI is InChI=1S/C21H23F3N2O8S/c1-20(2,3)33-19(29)25-15-13-9-10-14(34-35(30,31)21(22,23)24)16(26(13)17(15)27)18(28)32-11-12-7-5-4-6-8-12/h4-8,13,15H,9-11H2,1-3H3,(H,25,29)/t13-,15+/m1/s1. The zero-order valence-corrected chi connectivity index (χ0v) is 19.7. The molecule has 0 spiro atoms. The van der Waals surface area contributed by atoms with Crippen LogP contribution in [0.25, 0.3) is 0 Å². The molecule has 2 aliphatic heterocycles. The van der Waals surface area contributed by atoms with Gasteiger partial charge in [-0.3, -0.25) is 9.69 Å². The molecule has 1 aromatic carbocycles. The monoisotopic (exact) mass is 520 g/mol. The second kappa shape index (κ2) is 9.40. The summed E-state index contributed by atoms with van der Waals surface area (Å²) < 4.78 is 76.3. The quantitative estimate of drug-likeness (QED) is 0.263. The number of fused-ring (bicyclic) bond motifs is 1. The number of alkyl halides is 3. The van der Waals surface area contributed by atoms with Crippen molar-refractivity contribution in [3.05, 3.63) is 47.4 Å². The lowest BCUT2D eigenvalue weighted by molar-refractivity contribution is -0.157. The fourth-order valence-corrected chi connectivity index (χ4v) is 4.03. The number of β-lactam (4-membered cyclic amide) rings is 1. The van der Waals surface area contributed by atoms with Gasteiger partial charge in [0.15, 0.2) is 11.5 Å². The number of halogens is 3. The van der Waals surface area contributed by atoms with Gasteiger partial charge in [0, 0.05) is 6.42 Å². The summed E-state index contributed by atoms with van der Waals surface area (Å²) in [6.45, 7) is 4.53. The number of rotatable bonds is 6. The number of nitrogens with one attached hydrogen (secondary N) is 1. The second-order valence-corrected chi connectivity index (χ2v) is 10.3. The molecule has 35 heavy (non-hydrogen) atoms. The minimum absolute atomic E-state index is 0.0929. The Morgan fingerprint density at radius 3 is 2.34 bits per heavy atom. The van der Waals surface area contributed by atoms with Gasteiger partial charge in [-0.15, -0.1) is 0 Å². The number of benzene rings is 1. The van der Waals surface area contributed by atoms with E-state index < -0.39 is 69.2 Å². The largest absolute Gasteiger partial charge is 0.534 e. The highest BCUT2D eigenvalue weighted by molar-refractivity contribution is 7.87. The molecule has 2 heterocycles. The minimum Gasteiger partial charge on any atom is -0.456 e. The van der Waals surface area contributed by atoms with Crippen LogP contribution in [-0.4, -0.2) is 54.5 Å². The van der Waals surface area contributed by atoms with Gasteiger partial charge in [0.2, 0.25) is 0 Å². The lowest BCUT2D eigenvalue weighted by Gasteiger charge is -2.49. The van der Waals surface area contributed by atoms with Crippen LogP contribution < -0.4 is 5.32 Å². The van der Waals surface area contributed by atoms with Crippen molar-refractivity contribution in [3.63, 3.8) is 0 Å². The van der Waals surface area contributed by atoms with E-state index in [1.54, 1.807) is 51.1 Å². The Balaban J connectivity index is 1.87.